The summed E-state index contributed by atoms with van der Waals surface area (Å²) in [6.07, 6.45) is 1.25. The number of hydrogen-bond acceptors (Lipinski definition) is 6. The number of rotatable bonds is 4. The Hall–Kier alpha value is -2.48. The highest BCUT2D eigenvalue weighted by Crippen LogP contribution is 2.16. The largest absolute Gasteiger partial charge is 0.480 e. The van der Waals surface area contributed by atoms with Crippen LogP contribution in [0.2, 0.25) is 0 Å². The summed E-state index contributed by atoms with van der Waals surface area (Å²) in [5, 5.41) is 24.0. The van der Waals surface area contributed by atoms with Gasteiger partial charge in [-0.2, -0.15) is 0 Å². The number of amides is 1. The van der Waals surface area contributed by atoms with Crippen LogP contribution in [0.15, 0.2) is 16.8 Å². The van der Waals surface area contributed by atoms with E-state index in [9.17, 15) is 9.59 Å². The molecule has 0 aliphatic carbocycles. The highest BCUT2D eigenvalue weighted by atomic mass is 16.5. The van der Waals surface area contributed by atoms with E-state index in [4.69, 9.17) is 14.7 Å². The molecule has 0 aromatic carbocycles. The number of pyridine rings is 1. The molecule has 8 heteroatoms. The van der Waals surface area contributed by atoms with Gasteiger partial charge in [-0.1, -0.05) is 5.16 Å². The van der Waals surface area contributed by atoms with E-state index < -0.39 is 24.5 Å². The third-order valence-corrected chi connectivity index (χ3v) is 2.56. The van der Waals surface area contributed by atoms with Crippen molar-refractivity contribution in [3.63, 3.8) is 0 Å². The Morgan fingerprint density at radius 1 is 1.53 bits per heavy atom. The number of nitrogens with zero attached hydrogens (tertiary/aromatic N) is 2. The van der Waals surface area contributed by atoms with Gasteiger partial charge in [0, 0.05) is 6.20 Å². The number of aryl methyl sites for hydroxylation is 1. The molecule has 0 aliphatic rings. The number of carbonyl (C=O) groups excluding carboxylic acids is 1. The van der Waals surface area contributed by atoms with E-state index >= 15 is 0 Å². The Labute approximate surface area is 107 Å². The van der Waals surface area contributed by atoms with Crippen molar-refractivity contribution in [2.45, 2.75) is 13.0 Å². The Kier molecular flexibility index (Phi) is 3.43. The number of nitrogens with one attached hydrogen (secondary N) is 1. The van der Waals surface area contributed by atoms with Gasteiger partial charge >= 0.3 is 5.97 Å². The van der Waals surface area contributed by atoms with E-state index in [0.717, 1.165) is 0 Å². The van der Waals surface area contributed by atoms with Crippen molar-refractivity contribution in [2.75, 3.05) is 6.61 Å². The molecule has 0 fully saturated rings. The van der Waals surface area contributed by atoms with Crippen LogP contribution >= 0.6 is 0 Å². The van der Waals surface area contributed by atoms with Gasteiger partial charge in [0.15, 0.2) is 6.04 Å². The van der Waals surface area contributed by atoms with E-state index in [1.54, 1.807) is 6.92 Å². The molecule has 0 bridgehead atoms. The molecule has 19 heavy (non-hydrogen) atoms. The fourth-order valence-corrected chi connectivity index (χ4v) is 1.50. The van der Waals surface area contributed by atoms with Crippen molar-refractivity contribution < 1.29 is 24.3 Å². The molecule has 8 nitrogen and oxygen atoms in total. The van der Waals surface area contributed by atoms with Gasteiger partial charge in [-0.05, 0) is 13.0 Å². The van der Waals surface area contributed by atoms with E-state index in [1.807, 2.05) is 0 Å². The number of carboxylic acid groups (broad SMARTS) is 1. The van der Waals surface area contributed by atoms with Crippen LogP contribution in [0.3, 0.4) is 0 Å². The van der Waals surface area contributed by atoms with Gasteiger partial charge in [0.1, 0.15) is 0 Å². The summed E-state index contributed by atoms with van der Waals surface area (Å²) in [5.74, 6) is -1.96. The number of aromatic nitrogens is 2. The third-order valence-electron chi connectivity index (χ3n) is 2.56. The fourth-order valence-electron chi connectivity index (χ4n) is 1.50. The van der Waals surface area contributed by atoms with Crippen molar-refractivity contribution in [3.05, 3.63) is 23.5 Å². The molecule has 0 unspecified atom stereocenters. The molecule has 2 heterocycles. The highest BCUT2D eigenvalue weighted by molar-refractivity contribution is 5.98. The summed E-state index contributed by atoms with van der Waals surface area (Å²) in [5.41, 5.74) is 1.04. The smallest absolute Gasteiger partial charge is 0.328 e. The number of aliphatic hydroxyl groups is 1. The van der Waals surface area contributed by atoms with Crippen molar-refractivity contribution in [1.29, 1.82) is 0 Å². The summed E-state index contributed by atoms with van der Waals surface area (Å²) < 4.78 is 4.90. The maximum absolute atomic E-state index is 11.8. The number of carboxylic acids is 1. The minimum absolute atomic E-state index is 0.165. The van der Waals surface area contributed by atoms with Crippen LogP contribution in [-0.2, 0) is 4.79 Å². The molecule has 2 rings (SSSR count). The second-order valence-corrected chi connectivity index (χ2v) is 3.89. The Balaban J connectivity index is 2.26. The van der Waals surface area contributed by atoms with Gasteiger partial charge in [-0.15, -0.1) is 0 Å². The van der Waals surface area contributed by atoms with Crippen LogP contribution in [0.5, 0.6) is 0 Å². The number of aliphatic carboxylic acids is 1. The standard InChI is InChI=1S/C11H11N3O5/c1-5-7-2-6(3-12-10(7)19-14-5)9(16)13-8(4-15)11(17)18/h2-3,8,15H,4H2,1H3,(H,13,16)(H,17,18)/t8-/m0/s1. The molecule has 0 spiro atoms. The summed E-state index contributed by atoms with van der Waals surface area (Å²) in [7, 11) is 0. The van der Waals surface area contributed by atoms with Gasteiger partial charge in [-0.25, -0.2) is 9.78 Å². The van der Waals surface area contributed by atoms with Crippen molar-refractivity contribution in [3.8, 4) is 0 Å². The Bertz CT molecular complexity index is 636. The summed E-state index contributed by atoms with van der Waals surface area (Å²) in [6, 6.07) is 0.145. The third kappa shape index (κ3) is 2.52. The minimum Gasteiger partial charge on any atom is -0.480 e. The highest BCUT2D eigenvalue weighted by Gasteiger charge is 2.20. The first-order valence-corrected chi connectivity index (χ1v) is 5.39. The van der Waals surface area contributed by atoms with Crippen molar-refractivity contribution >= 4 is 23.0 Å². The van der Waals surface area contributed by atoms with Gasteiger partial charge in [0.2, 0.25) is 0 Å². The average Bonchev–Trinajstić information content (AvgIpc) is 2.76. The van der Waals surface area contributed by atoms with Crippen molar-refractivity contribution in [2.24, 2.45) is 0 Å². The first kappa shape index (κ1) is 13.0. The second-order valence-electron chi connectivity index (χ2n) is 3.89. The molecule has 2 aromatic heterocycles. The monoisotopic (exact) mass is 265 g/mol. The molecule has 3 N–H and O–H groups in total. The quantitative estimate of drug-likeness (QED) is 0.693. The number of carbonyl (C=O) groups is 2. The fraction of sp³-hybridized carbons (Fsp3) is 0.273. The number of aliphatic hydroxyl groups excluding tert-OH is 1. The molecular weight excluding hydrogens is 254 g/mol. The topological polar surface area (TPSA) is 126 Å². The number of fused-ring (bicyclic) bond motifs is 1. The normalized spacial score (nSPS) is 12.3. The molecule has 0 saturated heterocycles. The first-order valence-electron chi connectivity index (χ1n) is 5.39. The molecular formula is C11H11N3O5. The van der Waals surface area contributed by atoms with Gasteiger partial charge in [0.25, 0.3) is 11.6 Å². The lowest BCUT2D eigenvalue weighted by Gasteiger charge is -2.11. The van der Waals surface area contributed by atoms with Crippen LogP contribution in [0.1, 0.15) is 16.1 Å². The zero-order valence-corrected chi connectivity index (χ0v) is 9.95. The zero-order chi connectivity index (χ0) is 14.0. The molecule has 100 valence electrons. The molecule has 2 aromatic rings. The molecule has 0 aliphatic heterocycles. The lowest BCUT2D eigenvalue weighted by Crippen LogP contribution is -2.43. The Morgan fingerprint density at radius 2 is 2.26 bits per heavy atom. The second kappa shape index (κ2) is 5.02. The Morgan fingerprint density at radius 3 is 2.89 bits per heavy atom. The average molecular weight is 265 g/mol. The van der Waals surface area contributed by atoms with Gasteiger partial charge in [0.05, 0.1) is 23.3 Å². The lowest BCUT2D eigenvalue weighted by atomic mass is 10.2. The predicted octanol–water partition coefficient (Wildman–Crippen LogP) is -0.293. The SMILES string of the molecule is Cc1noc2ncc(C(=O)N[C@@H](CO)C(=O)O)cc12. The zero-order valence-electron chi connectivity index (χ0n) is 9.95. The summed E-state index contributed by atoms with van der Waals surface area (Å²) in [4.78, 5) is 26.4. The maximum Gasteiger partial charge on any atom is 0.328 e. The summed E-state index contributed by atoms with van der Waals surface area (Å²) >= 11 is 0. The molecule has 1 atom stereocenters. The van der Waals surface area contributed by atoms with Crippen molar-refractivity contribution in [1.82, 2.24) is 15.5 Å². The first-order chi connectivity index (χ1) is 9.02. The predicted molar refractivity (Wildman–Crippen MR) is 62.5 cm³/mol. The van der Waals surface area contributed by atoms with Gasteiger partial charge < -0.3 is 20.1 Å². The van der Waals surface area contributed by atoms with Crippen LogP contribution in [-0.4, -0.2) is 44.9 Å². The number of hydrogen-bond donors (Lipinski definition) is 3. The van der Waals surface area contributed by atoms with Gasteiger partial charge in [-0.3, -0.25) is 4.79 Å². The molecule has 1 amide bonds. The van der Waals surface area contributed by atoms with Crippen LogP contribution in [0.25, 0.3) is 11.1 Å². The van der Waals surface area contributed by atoms with Crippen LogP contribution < -0.4 is 5.32 Å². The van der Waals surface area contributed by atoms with E-state index in [0.29, 0.717) is 16.8 Å². The van der Waals surface area contributed by atoms with Crippen LogP contribution in [0, 0.1) is 6.92 Å². The minimum atomic E-state index is -1.35. The van der Waals surface area contributed by atoms with E-state index in [1.165, 1.54) is 12.3 Å². The lowest BCUT2D eigenvalue weighted by molar-refractivity contribution is -0.140. The van der Waals surface area contributed by atoms with E-state index in [-0.39, 0.29) is 5.56 Å². The van der Waals surface area contributed by atoms with Crippen LogP contribution in [0.4, 0.5) is 0 Å². The molecule has 0 radical (unpaired) electrons. The maximum atomic E-state index is 11.8. The van der Waals surface area contributed by atoms with E-state index in [2.05, 4.69) is 15.5 Å². The molecule has 0 saturated carbocycles. The summed E-state index contributed by atoms with van der Waals surface area (Å²) in [6.45, 7) is 1.01.